The zero-order chi connectivity index (χ0) is 18.1. The first-order chi connectivity index (χ1) is 11.2. The lowest BCUT2D eigenvalue weighted by atomic mass is 10.1. The summed E-state index contributed by atoms with van der Waals surface area (Å²) in [5.41, 5.74) is 1.05. The highest BCUT2D eigenvalue weighted by atomic mass is 35.5. The smallest absolute Gasteiger partial charge is 0.262 e. The van der Waals surface area contributed by atoms with E-state index in [2.05, 4.69) is 4.72 Å². The number of nitrogens with one attached hydrogen (secondary N) is 1. The number of hydrogen-bond donors (Lipinski definition) is 1. The number of carbonyl (C=O) groups is 1. The molecule has 2 rings (SSSR count). The molecule has 0 bridgehead atoms. The second-order valence-electron chi connectivity index (χ2n) is 5.17. The maximum Gasteiger partial charge on any atom is 0.262 e. The average Bonchev–Trinajstić information content (AvgIpc) is 2.50. The molecule has 0 unspecified atom stereocenters. The summed E-state index contributed by atoms with van der Waals surface area (Å²) < 4.78 is 32.8. The first-order valence-electron chi connectivity index (χ1n) is 6.84. The number of methoxy groups -OCH3 is 1. The van der Waals surface area contributed by atoms with E-state index >= 15 is 0 Å². The normalized spacial score (nSPS) is 11.2. The number of carbonyl (C=O) groups excluding carboxylic acids is 1. The molecule has 0 fully saturated rings. The molecule has 6 nitrogen and oxygen atoms in total. The Labute approximate surface area is 145 Å². The van der Waals surface area contributed by atoms with Gasteiger partial charge in [0.05, 0.1) is 23.7 Å². The Bertz CT molecular complexity index is 909. The predicted molar refractivity (Wildman–Crippen MR) is 89.1 cm³/mol. The van der Waals surface area contributed by atoms with Crippen LogP contribution in [0.15, 0.2) is 35.2 Å². The molecular weight excluding hydrogens is 354 g/mol. The molecule has 2 aromatic rings. The van der Waals surface area contributed by atoms with Gasteiger partial charge in [-0.2, -0.15) is 0 Å². The molecule has 128 valence electrons. The summed E-state index contributed by atoms with van der Waals surface area (Å²) in [5.74, 6) is -1.20. The fourth-order valence-electron chi connectivity index (χ4n) is 2.13. The summed E-state index contributed by atoms with van der Waals surface area (Å²) in [6, 6.07) is 6.79. The summed E-state index contributed by atoms with van der Waals surface area (Å²) in [6.07, 6.45) is 0. The number of halogens is 1. The van der Waals surface area contributed by atoms with Crippen LogP contribution >= 0.6 is 11.6 Å². The summed E-state index contributed by atoms with van der Waals surface area (Å²) in [7, 11) is -2.64. The molecule has 8 heteroatoms. The highest BCUT2D eigenvalue weighted by molar-refractivity contribution is 7.92. The predicted octanol–water partition coefficient (Wildman–Crippen LogP) is 2.13. The number of carboxylic acid groups (broad SMARTS) is 1. The molecule has 0 heterocycles. The van der Waals surface area contributed by atoms with Crippen LogP contribution in [0.25, 0.3) is 0 Å². The van der Waals surface area contributed by atoms with E-state index in [9.17, 15) is 18.3 Å². The maximum atomic E-state index is 12.6. The van der Waals surface area contributed by atoms with Crippen molar-refractivity contribution in [2.45, 2.75) is 18.7 Å². The van der Waals surface area contributed by atoms with E-state index in [0.29, 0.717) is 16.1 Å². The molecule has 1 N–H and O–H groups in total. The van der Waals surface area contributed by atoms with Crippen LogP contribution in [0.3, 0.4) is 0 Å². The molecule has 0 atom stereocenters. The van der Waals surface area contributed by atoms with Crippen LogP contribution in [0, 0.1) is 13.8 Å². The molecule has 24 heavy (non-hydrogen) atoms. The Morgan fingerprint density at radius 3 is 2.42 bits per heavy atom. The number of hydrogen-bond acceptors (Lipinski definition) is 5. The van der Waals surface area contributed by atoms with Gasteiger partial charge in [0.25, 0.3) is 10.0 Å². The third-order valence-corrected chi connectivity index (χ3v) is 5.35. The van der Waals surface area contributed by atoms with Gasteiger partial charge in [0, 0.05) is 11.1 Å². The number of rotatable bonds is 5. The van der Waals surface area contributed by atoms with Crippen molar-refractivity contribution in [2.75, 3.05) is 11.8 Å². The fraction of sp³-hybridized carbons (Fsp3) is 0.188. The Morgan fingerprint density at radius 1 is 1.17 bits per heavy atom. The lowest BCUT2D eigenvalue weighted by Gasteiger charge is -2.15. The molecule has 0 aliphatic heterocycles. The lowest BCUT2D eigenvalue weighted by Crippen LogP contribution is -2.23. The van der Waals surface area contributed by atoms with Crippen LogP contribution in [-0.4, -0.2) is 21.5 Å². The molecule has 0 aromatic heterocycles. The third-order valence-electron chi connectivity index (χ3n) is 3.44. The van der Waals surface area contributed by atoms with Crippen molar-refractivity contribution in [1.29, 1.82) is 0 Å². The van der Waals surface area contributed by atoms with Crippen molar-refractivity contribution in [2.24, 2.45) is 0 Å². The Hall–Kier alpha value is -2.25. The number of ether oxygens (including phenoxy) is 1. The number of benzene rings is 2. The first kappa shape index (κ1) is 18.1. The van der Waals surface area contributed by atoms with Gasteiger partial charge < -0.3 is 14.6 Å². The second kappa shape index (κ2) is 6.70. The Morgan fingerprint density at radius 2 is 1.83 bits per heavy atom. The van der Waals surface area contributed by atoms with Crippen molar-refractivity contribution >= 4 is 33.3 Å². The molecule has 2 aromatic carbocycles. The van der Waals surface area contributed by atoms with Gasteiger partial charge >= 0.3 is 0 Å². The Kier molecular flexibility index (Phi) is 5.05. The molecule has 0 saturated heterocycles. The first-order valence-corrected chi connectivity index (χ1v) is 8.71. The summed E-state index contributed by atoms with van der Waals surface area (Å²) in [6.45, 7) is 3.29. The zero-order valence-corrected chi connectivity index (χ0v) is 14.8. The van der Waals surface area contributed by atoms with Gasteiger partial charge in [-0.05, 0) is 42.7 Å². The van der Waals surface area contributed by atoms with Crippen LogP contribution in [0.4, 0.5) is 5.69 Å². The molecule has 0 aliphatic rings. The van der Waals surface area contributed by atoms with Crippen LogP contribution in [-0.2, 0) is 10.0 Å². The lowest BCUT2D eigenvalue weighted by molar-refractivity contribution is -0.255. The number of aryl methyl sites for hydroxylation is 2. The maximum absolute atomic E-state index is 12.6. The van der Waals surface area contributed by atoms with E-state index in [0.717, 1.165) is 6.07 Å². The van der Waals surface area contributed by atoms with Gasteiger partial charge in [0.2, 0.25) is 0 Å². The fourth-order valence-corrected chi connectivity index (χ4v) is 3.61. The quantitative estimate of drug-likeness (QED) is 0.872. The molecular formula is C16H15ClNO5S-. The van der Waals surface area contributed by atoms with Crippen molar-refractivity contribution in [1.82, 2.24) is 0 Å². The average molecular weight is 369 g/mol. The summed E-state index contributed by atoms with van der Waals surface area (Å²) in [5, 5.41) is 11.4. The number of carboxylic acids is 1. The van der Waals surface area contributed by atoms with Gasteiger partial charge in [-0.15, -0.1) is 0 Å². The number of aromatic carboxylic acids is 1. The minimum atomic E-state index is -4.03. The third kappa shape index (κ3) is 3.63. The molecule has 0 aliphatic carbocycles. The van der Waals surface area contributed by atoms with Crippen molar-refractivity contribution in [3.05, 3.63) is 52.0 Å². The zero-order valence-electron chi connectivity index (χ0n) is 13.2. The Balaban J connectivity index is 2.52. The van der Waals surface area contributed by atoms with Crippen LogP contribution in [0.2, 0.25) is 5.02 Å². The van der Waals surface area contributed by atoms with Gasteiger partial charge in [-0.25, -0.2) is 8.42 Å². The standard InChI is InChI=1S/C16H16ClNO5S/c1-9-4-5-11(16(19)20)7-15(9)24(21,22)18-13-6-10(2)12(17)8-14(13)23-3/h4-8,18H,1-3H3,(H,19,20)/p-1. The largest absolute Gasteiger partial charge is 0.545 e. The highest BCUT2D eigenvalue weighted by Crippen LogP contribution is 2.33. The van der Waals surface area contributed by atoms with Crippen molar-refractivity contribution in [3.8, 4) is 5.75 Å². The molecule has 0 saturated carbocycles. The van der Waals surface area contributed by atoms with E-state index in [1.165, 1.54) is 31.4 Å². The van der Waals surface area contributed by atoms with Gasteiger partial charge in [-0.3, -0.25) is 4.72 Å². The summed E-state index contributed by atoms with van der Waals surface area (Å²) >= 11 is 6.00. The summed E-state index contributed by atoms with van der Waals surface area (Å²) in [4.78, 5) is 10.8. The second-order valence-corrected chi connectivity index (χ2v) is 7.23. The molecule has 0 radical (unpaired) electrons. The van der Waals surface area contributed by atoms with E-state index < -0.39 is 16.0 Å². The minimum absolute atomic E-state index is 0.154. The van der Waals surface area contributed by atoms with Crippen LogP contribution in [0.1, 0.15) is 21.5 Å². The molecule has 0 amide bonds. The van der Waals surface area contributed by atoms with E-state index in [1.807, 2.05) is 0 Å². The van der Waals surface area contributed by atoms with Gasteiger partial charge in [0.1, 0.15) is 5.75 Å². The number of anilines is 1. The van der Waals surface area contributed by atoms with Crippen LogP contribution in [0.5, 0.6) is 5.75 Å². The van der Waals surface area contributed by atoms with Crippen molar-refractivity contribution in [3.63, 3.8) is 0 Å². The van der Waals surface area contributed by atoms with Gasteiger partial charge in [0.15, 0.2) is 0 Å². The SMILES string of the molecule is COc1cc(Cl)c(C)cc1NS(=O)(=O)c1cc(C(=O)[O-])ccc1C. The van der Waals surface area contributed by atoms with Gasteiger partial charge in [-0.1, -0.05) is 23.7 Å². The van der Waals surface area contributed by atoms with E-state index in [4.69, 9.17) is 16.3 Å². The minimum Gasteiger partial charge on any atom is -0.545 e. The molecule has 0 spiro atoms. The van der Waals surface area contributed by atoms with Crippen molar-refractivity contribution < 1.29 is 23.1 Å². The highest BCUT2D eigenvalue weighted by Gasteiger charge is 2.20. The topological polar surface area (TPSA) is 95.5 Å². The van der Waals surface area contributed by atoms with E-state index in [1.54, 1.807) is 13.8 Å². The monoisotopic (exact) mass is 368 g/mol. The van der Waals surface area contributed by atoms with E-state index in [-0.39, 0.29) is 21.9 Å². The number of sulfonamides is 1. The van der Waals surface area contributed by atoms with Crippen LogP contribution < -0.4 is 14.6 Å².